The molecule has 1 atom stereocenters. The molecule has 0 saturated carbocycles. The molecule has 1 unspecified atom stereocenters. The molecule has 1 aliphatic heterocycles. The maximum atomic E-state index is 12.8. The van der Waals surface area contributed by atoms with Crippen molar-refractivity contribution in [1.82, 2.24) is 9.62 Å². The summed E-state index contributed by atoms with van der Waals surface area (Å²) >= 11 is 0. The first-order valence-electron chi connectivity index (χ1n) is 7.75. The zero-order valence-corrected chi connectivity index (χ0v) is 14.0. The summed E-state index contributed by atoms with van der Waals surface area (Å²) in [4.78, 5) is 0.324. The van der Waals surface area contributed by atoms with E-state index in [4.69, 9.17) is 4.42 Å². The SMILES string of the molecule is CCNCc1cc(S(=O)(=O)N2CCCC(C)CC2)c(C)o1. The van der Waals surface area contributed by atoms with Gasteiger partial charge in [0, 0.05) is 19.2 Å². The fraction of sp³-hybridized carbons (Fsp3) is 0.733. The van der Waals surface area contributed by atoms with Crippen LogP contribution in [0.5, 0.6) is 0 Å². The Morgan fingerprint density at radius 2 is 2.14 bits per heavy atom. The largest absolute Gasteiger partial charge is 0.464 e. The van der Waals surface area contributed by atoms with E-state index in [1.807, 2.05) is 6.92 Å². The Kier molecular flexibility index (Phi) is 5.46. The molecule has 6 heteroatoms. The zero-order valence-electron chi connectivity index (χ0n) is 13.2. The van der Waals surface area contributed by atoms with Crippen molar-refractivity contribution in [3.63, 3.8) is 0 Å². The molecule has 1 N–H and O–H groups in total. The Morgan fingerprint density at radius 3 is 2.86 bits per heavy atom. The van der Waals surface area contributed by atoms with Crippen LogP contribution in [0.3, 0.4) is 0 Å². The average Bonchev–Trinajstić information content (AvgIpc) is 2.66. The van der Waals surface area contributed by atoms with Crippen molar-refractivity contribution < 1.29 is 12.8 Å². The van der Waals surface area contributed by atoms with Gasteiger partial charge in [-0.2, -0.15) is 4.31 Å². The van der Waals surface area contributed by atoms with Gasteiger partial charge in [-0.05, 0) is 38.6 Å². The fourth-order valence-corrected chi connectivity index (χ4v) is 4.41. The van der Waals surface area contributed by atoms with Crippen LogP contribution in [0, 0.1) is 12.8 Å². The number of hydrogen-bond donors (Lipinski definition) is 1. The molecule has 0 radical (unpaired) electrons. The van der Waals surface area contributed by atoms with Gasteiger partial charge in [0.15, 0.2) is 0 Å². The number of nitrogens with one attached hydrogen (secondary N) is 1. The summed E-state index contributed by atoms with van der Waals surface area (Å²) in [5.41, 5.74) is 0. The van der Waals surface area contributed by atoms with E-state index in [2.05, 4.69) is 12.2 Å². The van der Waals surface area contributed by atoms with E-state index >= 15 is 0 Å². The minimum Gasteiger partial charge on any atom is -0.464 e. The Balaban J connectivity index is 2.20. The van der Waals surface area contributed by atoms with Crippen molar-refractivity contribution >= 4 is 10.0 Å². The van der Waals surface area contributed by atoms with Gasteiger partial charge in [0.25, 0.3) is 0 Å². The molecule has 0 aromatic carbocycles. The predicted molar refractivity (Wildman–Crippen MR) is 82.6 cm³/mol. The van der Waals surface area contributed by atoms with Gasteiger partial charge < -0.3 is 9.73 Å². The zero-order chi connectivity index (χ0) is 15.5. The molecule has 0 bridgehead atoms. The molecule has 5 nitrogen and oxygen atoms in total. The van der Waals surface area contributed by atoms with Gasteiger partial charge >= 0.3 is 0 Å². The normalized spacial score (nSPS) is 21.4. The van der Waals surface area contributed by atoms with Crippen molar-refractivity contribution in [3.05, 3.63) is 17.6 Å². The lowest BCUT2D eigenvalue weighted by molar-refractivity contribution is 0.413. The number of nitrogens with zero attached hydrogens (tertiary/aromatic N) is 1. The molecule has 2 heterocycles. The average molecular weight is 314 g/mol. The lowest BCUT2D eigenvalue weighted by Gasteiger charge is -2.19. The molecular formula is C15H26N2O3S. The third-order valence-electron chi connectivity index (χ3n) is 4.07. The van der Waals surface area contributed by atoms with Crippen molar-refractivity contribution in [2.24, 2.45) is 5.92 Å². The molecular weight excluding hydrogens is 288 g/mol. The van der Waals surface area contributed by atoms with Crippen molar-refractivity contribution in [1.29, 1.82) is 0 Å². The monoisotopic (exact) mass is 314 g/mol. The molecule has 2 rings (SSSR count). The smallest absolute Gasteiger partial charge is 0.246 e. The summed E-state index contributed by atoms with van der Waals surface area (Å²) in [5, 5.41) is 3.15. The third-order valence-corrected chi connectivity index (χ3v) is 6.07. The highest BCUT2D eigenvalue weighted by Crippen LogP contribution is 2.27. The summed E-state index contributed by atoms with van der Waals surface area (Å²) in [7, 11) is -3.43. The quantitative estimate of drug-likeness (QED) is 0.907. The molecule has 1 aromatic rings. The van der Waals surface area contributed by atoms with E-state index in [9.17, 15) is 8.42 Å². The van der Waals surface area contributed by atoms with Crippen LogP contribution >= 0.6 is 0 Å². The minimum atomic E-state index is -3.43. The van der Waals surface area contributed by atoms with Crippen LogP contribution < -0.4 is 5.32 Å². The molecule has 1 aliphatic rings. The maximum absolute atomic E-state index is 12.8. The van der Waals surface area contributed by atoms with Crippen molar-refractivity contribution in [2.45, 2.75) is 51.5 Å². The lowest BCUT2D eigenvalue weighted by atomic mass is 10.0. The summed E-state index contributed by atoms with van der Waals surface area (Å²) in [6, 6.07) is 1.67. The van der Waals surface area contributed by atoms with Crippen LogP contribution in [-0.4, -0.2) is 32.4 Å². The molecule has 0 amide bonds. The van der Waals surface area contributed by atoms with E-state index in [1.165, 1.54) is 0 Å². The second-order valence-electron chi connectivity index (χ2n) is 5.85. The summed E-state index contributed by atoms with van der Waals surface area (Å²) < 4.78 is 32.8. The van der Waals surface area contributed by atoms with Crippen LogP contribution in [-0.2, 0) is 16.6 Å². The molecule has 120 valence electrons. The second kappa shape index (κ2) is 6.94. The standard InChI is InChI=1S/C15H26N2O3S/c1-4-16-11-14-10-15(13(3)20-14)21(18,19)17-8-5-6-12(2)7-9-17/h10,12,16H,4-9,11H2,1-3H3. The van der Waals surface area contributed by atoms with Crippen LogP contribution in [0.2, 0.25) is 0 Å². The Labute approximate surface area is 127 Å². The van der Waals surface area contributed by atoms with E-state index in [0.29, 0.717) is 42.0 Å². The maximum Gasteiger partial charge on any atom is 0.246 e. The van der Waals surface area contributed by atoms with Gasteiger partial charge in [0.1, 0.15) is 16.4 Å². The van der Waals surface area contributed by atoms with Gasteiger partial charge in [-0.3, -0.25) is 0 Å². The Hall–Kier alpha value is -0.850. The molecule has 1 aromatic heterocycles. The highest BCUT2D eigenvalue weighted by molar-refractivity contribution is 7.89. The number of rotatable bonds is 5. The van der Waals surface area contributed by atoms with Crippen LogP contribution in [0.25, 0.3) is 0 Å². The predicted octanol–water partition coefficient (Wildman–Crippen LogP) is 2.51. The first kappa shape index (κ1) is 16.5. The van der Waals surface area contributed by atoms with Crippen LogP contribution in [0.4, 0.5) is 0 Å². The van der Waals surface area contributed by atoms with Crippen molar-refractivity contribution in [3.8, 4) is 0 Å². The van der Waals surface area contributed by atoms with Gasteiger partial charge in [0.05, 0.1) is 6.54 Å². The molecule has 1 saturated heterocycles. The van der Waals surface area contributed by atoms with Crippen molar-refractivity contribution in [2.75, 3.05) is 19.6 Å². The summed E-state index contributed by atoms with van der Waals surface area (Å²) in [5.74, 6) is 1.76. The molecule has 1 fully saturated rings. The van der Waals surface area contributed by atoms with Crippen LogP contribution in [0.1, 0.15) is 44.6 Å². The summed E-state index contributed by atoms with van der Waals surface area (Å²) in [6.07, 6.45) is 2.96. The highest BCUT2D eigenvalue weighted by Gasteiger charge is 2.30. The topological polar surface area (TPSA) is 62.6 Å². The van der Waals surface area contributed by atoms with E-state index < -0.39 is 10.0 Å². The fourth-order valence-electron chi connectivity index (χ4n) is 2.73. The molecule has 0 spiro atoms. The van der Waals surface area contributed by atoms with Gasteiger partial charge in [-0.25, -0.2) is 8.42 Å². The number of sulfonamides is 1. The van der Waals surface area contributed by atoms with Crippen LogP contribution in [0.15, 0.2) is 15.4 Å². The van der Waals surface area contributed by atoms with Gasteiger partial charge in [0.2, 0.25) is 10.0 Å². The minimum absolute atomic E-state index is 0.324. The van der Waals surface area contributed by atoms with Gasteiger partial charge in [-0.1, -0.05) is 13.8 Å². The first-order valence-corrected chi connectivity index (χ1v) is 9.19. The van der Waals surface area contributed by atoms with E-state index in [0.717, 1.165) is 25.8 Å². The number of hydrogen-bond acceptors (Lipinski definition) is 4. The highest BCUT2D eigenvalue weighted by atomic mass is 32.2. The number of furan rings is 1. The van der Waals surface area contributed by atoms with E-state index in [1.54, 1.807) is 17.3 Å². The Morgan fingerprint density at radius 1 is 1.38 bits per heavy atom. The molecule has 21 heavy (non-hydrogen) atoms. The lowest BCUT2D eigenvalue weighted by Crippen LogP contribution is -2.32. The Bertz CT molecular complexity index is 565. The molecule has 0 aliphatic carbocycles. The first-order chi connectivity index (χ1) is 9.95. The number of aryl methyl sites for hydroxylation is 1. The summed E-state index contributed by atoms with van der Waals surface area (Å²) in [6.45, 7) is 8.52. The third kappa shape index (κ3) is 3.87. The van der Waals surface area contributed by atoms with Gasteiger partial charge in [-0.15, -0.1) is 0 Å². The van der Waals surface area contributed by atoms with E-state index in [-0.39, 0.29) is 0 Å². The second-order valence-corrected chi connectivity index (χ2v) is 7.76.